The molecule has 2 heterocycles. The number of rotatable bonds is 3. The maximum Gasteiger partial charge on any atom is 0.293 e. The second kappa shape index (κ2) is 4.50. The van der Waals surface area contributed by atoms with E-state index in [0.717, 1.165) is 11.3 Å². The third-order valence-corrected chi connectivity index (χ3v) is 3.26. The molecule has 5 nitrogen and oxygen atoms in total. The van der Waals surface area contributed by atoms with Crippen LogP contribution in [0.25, 0.3) is 0 Å². The third kappa shape index (κ3) is 2.42. The van der Waals surface area contributed by atoms with Gasteiger partial charge >= 0.3 is 0 Å². The zero-order valence-electron chi connectivity index (χ0n) is 9.31. The highest BCUT2D eigenvalue weighted by atomic mass is 32.1. The van der Waals surface area contributed by atoms with Gasteiger partial charge in [-0.15, -0.1) is 0 Å². The second-order valence-corrected chi connectivity index (χ2v) is 4.42. The first-order valence-corrected chi connectivity index (χ1v) is 5.73. The minimum atomic E-state index is -0.376. The maximum atomic E-state index is 11.6. The van der Waals surface area contributed by atoms with Gasteiger partial charge in [-0.25, -0.2) is 4.98 Å². The summed E-state index contributed by atoms with van der Waals surface area (Å²) in [7, 11) is 0. The van der Waals surface area contributed by atoms with Gasteiger partial charge in [0, 0.05) is 6.92 Å². The number of carbonyl (C=O) groups excluding carboxylic acids is 2. The van der Waals surface area contributed by atoms with Gasteiger partial charge in [0.05, 0.1) is 16.8 Å². The van der Waals surface area contributed by atoms with Crippen LogP contribution in [-0.2, 0) is 0 Å². The first kappa shape index (κ1) is 11.5. The summed E-state index contributed by atoms with van der Waals surface area (Å²) in [6.07, 6.45) is 1.42. The molecule has 1 amide bonds. The molecular formula is C11H10N2O3S. The number of hydrogen-bond donors (Lipinski definition) is 1. The lowest BCUT2D eigenvalue weighted by Crippen LogP contribution is -2.10. The van der Waals surface area contributed by atoms with E-state index in [1.165, 1.54) is 13.2 Å². The van der Waals surface area contributed by atoms with E-state index in [9.17, 15) is 9.59 Å². The molecule has 0 radical (unpaired) electrons. The Labute approximate surface area is 101 Å². The van der Waals surface area contributed by atoms with Gasteiger partial charge in [0.2, 0.25) is 0 Å². The van der Waals surface area contributed by atoms with Crippen LogP contribution in [0.5, 0.6) is 0 Å². The lowest BCUT2D eigenvalue weighted by Gasteiger charge is -1.96. The van der Waals surface area contributed by atoms with E-state index in [0.29, 0.717) is 15.7 Å². The quantitative estimate of drug-likeness (QED) is 0.849. The normalized spacial score (nSPS) is 10.2. The number of ketones is 1. The zero-order chi connectivity index (χ0) is 12.4. The molecule has 0 aliphatic carbocycles. The fraction of sp³-hybridized carbons (Fsp3) is 0.182. The summed E-state index contributed by atoms with van der Waals surface area (Å²) < 4.78 is 4.95. The number of Topliss-reactive ketones (excluding diaryl/α,β-unsaturated/α-hetero) is 1. The minimum absolute atomic E-state index is 0.0569. The molecule has 0 atom stereocenters. The average molecular weight is 250 g/mol. The molecule has 0 fully saturated rings. The Hall–Kier alpha value is -1.95. The number of aryl methyl sites for hydroxylation is 1. The highest BCUT2D eigenvalue weighted by Gasteiger charge is 2.15. The topological polar surface area (TPSA) is 72.2 Å². The Balaban J connectivity index is 2.17. The van der Waals surface area contributed by atoms with Crippen molar-refractivity contribution in [1.82, 2.24) is 4.98 Å². The van der Waals surface area contributed by atoms with Crippen molar-refractivity contribution in [1.29, 1.82) is 0 Å². The van der Waals surface area contributed by atoms with E-state index in [1.54, 1.807) is 19.1 Å². The van der Waals surface area contributed by atoms with Gasteiger partial charge in [0.25, 0.3) is 5.91 Å². The van der Waals surface area contributed by atoms with Crippen LogP contribution in [0.1, 0.15) is 32.8 Å². The fourth-order valence-electron chi connectivity index (χ4n) is 1.34. The van der Waals surface area contributed by atoms with E-state index < -0.39 is 0 Å². The Kier molecular flexibility index (Phi) is 3.06. The molecule has 0 saturated heterocycles. The molecule has 2 rings (SSSR count). The van der Waals surface area contributed by atoms with Crippen molar-refractivity contribution in [2.24, 2.45) is 0 Å². The molecule has 6 heteroatoms. The van der Waals surface area contributed by atoms with Crippen LogP contribution in [-0.4, -0.2) is 16.7 Å². The summed E-state index contributed by atoms with van der Waals surface area (Å²) in [5.41, 5.74) is 0.622. The summed E-state index contributed by atoms with van der Waals surface area (Å²) in [6, 6.07) is 3.19. The summed E-state index contributed by atoms with van der Waals surface area (Å²) >= 11 is 1.16. The Morgan fingerprint density at radius 3 is 2.76 bits per heavy atom. The highest BCUT2D eigenvalue weighted by Crippen LogP contribution is 2.23. The molecule has 0 aliphatic heterocycles. The summed E-state index contributed by atoms with van der Waals surface area (Å²) in [5, 5.41) is 2.98. The average Bonchev–Trinajstić information content (AvgIpc) is 2.86. The number of aromatic nitrogens is 1. The van der Waals surface area contributed by atoms with Gasteiger partial charge in [-0.3, -0.25) is 14.9 Å². The third-order valence-electron chi connectivity index (χ3n) is 2.08. The maximum absolute atomic E-state index is 11.6. The fourth-order valence-corrected chi connectivity index (χ4v) is 2.20. The van der Waals surface area contributed by atoms with Gasteiger partial charge in [0.15, 0.2) is 16.7 Å². The summed E-state index contributed by atoms with van der Waals surface area (Å²) in [6.45, 7) is 3.20. The number of hydrogen-bond acceptors (Lipinski definition) is 5. The van der Waals surface area contributed by atoms with Crippen molar-refractivity contribution in [2.75, 3.05) is 5.32 Å². The zero-order valence-corrected chi connectivity index (χ0v) is 10.1. The number of anilines is 1. The van der Waals surface area contributed by atoms with Crippen molar-refractivity contribution in [3.05, 3.63) is 34.7 Å². The number of thiazole rings is 1. The molecule has 0 bridgehead atoms. The van der Waals surface area contributed by atoms with Crippen LogP contribution in [0.15, 0.2) is 22.8 Å². The van der Waals surface area contributed by atoms with Crippen LogP contribution in [0.2, 0.25) is 0 Å². The van der Waals surface area contributed by atoms with Crippen LogP contribution >= 0.6 is 11.3 Å². The molecule has 0 aromatic carbocycles. The molecule has 1 N–H and O–H groups in total. The number of nitrogens with zero attached hydrogens (tertiary/aromatic N) is 1. The number of nitrogens with one attached hydrogen (secondary N) is 1. The predicted octanol–water partition coefficient (Wildman–Crippen LogP) is 2.50. The van der Waals surface area contributed by atoms with Crippen molar-refractivity contribution in [3.63, 3.8) is 0 Å². The van der Waals surface area contributed by atoms with Crippen LogP contribution in [0.3, 0.4) is 0 Å². The monoisotopic (exact) mass is 250 g/mol. The predicted molar refractivity (Wildman–Crippen MR) is 63.5 cm³/mol. The van der Waals surface area contributed by atoms with E-state index >= 15 is 0 Å². The van der Waals surface area contributed by atoms with E-state index in [1.807, 2.05) is 0 Å². The standard InChI is InChI=1S/C11H10N2O3S/c1-6-9(7(2)14)17-11(12-6)13-10(15)8-4-3-5-16-8/h3-5H,1-2H3,(H,12,13,15). The van der Waals surface area contributed by atoms with E-state index in [-0.39, 0.29) is 17.5 Å². The van der Waals surface area contributed by atoms with Gasteiger partial charge in [-0.05, 0) is 19.1 Å². The first-order valence-electron chi connectivity index (χ1n) is 4.91. The van der Waals surface area contributed by atoms with Crippen molar-refractivity contribution in [3.8, 4) is 0 Å². The lowest BCUT2D eigenvalue weighted by atomic mass is 10.3. The Morgan fingerprint density at radius 1 is 1.47 bits per heavy atom. The summed E-state index contributed by atoms with van der Waals surface area (Å²) in [5.74, 6) is -0.223. The van der Waals surface area contributed by atoms with Crippen LogP contribution < -0.4 is 5.32 Å². The van der Waals surface area contributed by atoms with Crippen LogP contribution in [0, 0.1) is 6.92 Å². The number of amides is 1. The Bertz CT molecular complexity index is 557. The number of furan rings is 1. The first-order chi connectivity index (χ1) is 8.08. The van der Waals surface area contributed by atoms with Gasteiger partial charge in [0.1, 0.15) is 0 Å². The van der Waals surface area contributed by atoms with Crippen molar-refractivity contribution in [2.45, 2.75) is 13.8 Å². The summed E-state index contributed by atoms with van der Waals surface area (Å²) in [4.78, 5) is 27.5. The van der Waals surface area contributed by atoms with Gasteiger partial charge in [-0.1, -0.05) is 11.3 Å². The molecular weight excluding hydrogens is 240 g/mol. The minimum Gasteiger partial charge on any atom is -0.459 e. The van der Waals surface area contributed by atoms with Gasteiger partial charge in [-0.2, -0.15) is 0 Å². The molecule has 17 heavy (non-hydrogen) atoms. The van der Waals surface area contributed by atoms with Gasteiger partial charge < -0.3 is 4.42 Å². The van der Waals surface area contributed by atoms with E-state index in [4.69, 9.17) is 4.42 Å². The van der Waals surface area contributed by atoms with E-state index in [2.05, 4.69) is 10.3 Å². The Morgan fingerprint density at radius 2 is 2.24 bits per heavy atom. The smallest absolute Gasteiger partial charge is 0.293 e. The second-order valence-electron chi connectivity index (χ2n) is 3.42. The molecule has 88 valence electrons. The molecule has 0 aliphatic rings. The SMILES string of the molecule is CC(=O)c1sc(NC(=O)c2ccco2)nc1C. The molecule has 0 saturated carbocycles. The van der Waals surface area contributed by atoms with Crippen LogP contribution in [0.4, 0.5) is 5.13 Å². The molecule has 2 aromatic rings. The highest BCUT2D eigenvalue weighted by molar-refractivity contribution is 7.17. The molecule has 0 spiro atoms. The largest absolute Gasteiger partial charge is 0.459 e. The molecule has 2 aromatic heterocycles. The molecule has 0 unspecified atom stereocenters. The van der Waals surface area contributed by atoms with Crippen molar-refractivity contribution >= 4 is 28.2 Å². The number of carbonyl (C=O) groups is 2. The van der Waals surface area contributed by atoms with Crippen molar-refractivity contribution < 1.29 is 14.0 Å². The lowest BCUT2D eigenvalue weighted by molar-refractivity contribution is 0.0994.